The molecule has 21 heavy (non-hydrogen) atoms. The molecule has 1 aliphatic carbocycles. The summed E-state index contributed by atoms with van der Waals surface area (Å²) in [6.45, 7) is 0. The van der Waals surface area contributed by atoms with Crippen molar-refractivity contribution in [1.82, 2.24) is 4.57 Å². The molecule has 114 valence electrons. The van der Waals surface area contributed by atoms with E-state index in [1.54, 1.807) is 7.05 Å². The lowest BCUT2D eigenvalue weighted by Gasteiger charge is -2.32. The zero-order chi connectivity index (χ0) is 15.6. The second-order valence-electron chi connectivity index (χ2n) is 5.21. The summed E-state index contributed by atoms with van der Waals surface area (Å²) in [7, 11) is 1.54. The maximum absolute atomic E-state index is 12.9. The summed E-state index contributed by atoms with van der Waals surface area (Å²) in [5, 5.41) is 8.76. The number of alkyl halides is 3. The number of esters is 1. The summed E-state index contributed by atoms with van der Waals surface area (Å²) in [6.07, 6.45) is -2.78. The van der Waals surface area contributed by atoms with Crippen LogP contribution in [-0.4, -0.2) is 22.8 Å². The van der Waals surface area contributed by atoms with Gasteiger partial charge in [0.25, 0.3) is 0 Å². The molecule has 0 aromatic carbocycles. The smallest absolute Gasteiger partial charge is 0.395 e. The van der Waals surface area contributed by atoms with Crippen LogP contribution in [0.1, 0.15) is 41.7 Å². The number of ether oxygens (including phenoxy) is 1. The highest BCUT2D eigenvalue weighted by Gasteiger charge is 2.47. The molecule has 0 bridgehead atoms. The van der Waals surface area contributed by atoms with E-state index in [1.165, 1.54) is 16.8 Å². The number of aromatic nitrogens is 1. The minimum Gasteiger partial charge on any atom is -0.457 e. The van der Waals surface area contributed by atoms with Crippen LogP contribution in [0.25, 0.3) is 0 Å². The Balaban J connectivity index is 2.13. The van der Waals surface area contributed by atoms with Crippen molar-refractivity contribution in [3.63, 3.8) is 0 Å². The van der Waals surface area contributed by atoms with Gasteiger partial charge in [-0.1, -0.05) is 6.42 Å². The molecular formula is C14H15F3N2O2. The maximum atomic E-state index is 12.9. The van der Waals surface area contributed by atoms with E-state index in [2.05, 4.69) is 0 Å². The van der Waals surface area contributed by atoms with E-state index in [0.717, 1.165) is 0 Å². The molecule has 0 aliphatic heterocycles. The van der Waals surface area contributed by atoms with Crippen molar-refractivity contribution in [3.8, 4) is 6.07 Å². The van der Waals surface area contributed by atoms with E-state index < -0.39 is 24.2 Å². The Hall–Kier alpha value is -1.97. The molecule has 1 heterocycles. The molecule has 4 nitrogen and oxygen atoms in total. The Labute approximate surface area is 120 Å². The number of hydrogen-bond donors (Lipinski definition) is 0. The summed E-state index contributed by atoms with van der Waals surface area (Å²) >= 11 is 0. The predicted molar refractivity (Wildman–Crippen MR) is 67.3 cm³/mol. The van der Waals surface area contributed by atoms with E-state index >= 15 is 0 Å². The van der Waals surface area contributed by atoms with Crippen molar-refractivity contribution in [2.75, 3.05) is 0 Å². The number of aryl methyl sites for hydroxylation is 1. The molecule has 0 radical (unpaired) electrons. The van der Waals surface area contributed by atoms with Crippen LogP contribution in [0.5, 0.6) is 0 Å². The molecule has 1 fully saturated rings. The Morgan fingerprint density at radius 1 is 1.43 bits per heavy atom. The SMILES string of the molecule is Cn1cc(C#N)cc1C(=O)OC1CCCCC1C(F)(F)F. The molecule has 0 spiro atoms. The van der Waals surface area contributed by atoms with Gasteiger partial charge in [-0.15, -0.1) is 0 Å². The predicted octanol–water partition coefficient (Wildman–Crippen LogP) is 3.17. The van der Waals surface area contributed by atoms with Crippen LogP contribution in [-0.2, 0) is 11.8 Å². The highest BCUT2D eigenvalue weighted by atomic mass is 19.4. The summed E-state index contributed by atoms with van der Waals surface area (Å²) in [5.74, 6) is -2.42. The molecule has 1 aromatic rings. The molecule has 0 N–H and O–H groups in total. The summed E-state index contributed by atoms with van der Waals surface area (Å²) in [5.41, 5.74) is 0.346. The third-order valence-electron chi connectivity index (χ3n) is 3.72. The number of carbonyl (C=O) groups is 1. The number of halogens is 3. The van der Waals surface area contributed by atoms with Crippen LogP contribution in [0.2, 0.25) is 0 Å². The lowest BCUT2D eigenvalue weighted by Crippen LogP contribution is -2.39. The minimum absolute atomic E-state index is 0.0158. The van der Waals surface area contributed by atoms with Crippen LogP contribution in [0.15, 0.2) is 12.3 Å². The standard InChI is InChI=1S/C14H15F3N2O2/c1-19-8-9(7-18)6-11(19)13(20)21-12-5-3-2-4-10(12)14(15,16)17/h6,8,10,12H,2-5H2,1H3. The number of nitrogens with zero attached hydrogens (tertiary/aromatic N) is 2. The molecule has 0 saturated heterocycles. The van der Waals surface area contributed by atoms with Gasteiger partial charge in [0.15, 0.2) is 0 Å². The van der Waals surface area contributed by atoms with Gasteiger partial charge in [0, 0.05) is 13.2 Å². The van der Waals surface area contributed by atoms with Crippen molar-refractivity contribution in [2.45, 2.75) is 38.0 Å². The second kappa shape index (κ2) is 5.80. The van der Waals surface area contributed by atoms with Crippen molar-refractivity contribution in [1.29, 1.82) is 5.26 Å². The average Bonchev–Trinajstić information content (AvgIpc) is 2.79. The molecular weight excluding hydrogens is 285 g/mol. The van der Waals surface area contributed by atoms with Crippen molar-refractivity contribution in [3.05, 3.63) is 23.5 Å². The van der Waals surface area contributed by atoms with Gasteiger partial charge in [-0.2, -0.15) is 18.4 Å². The molecule has 2 rings (SSSR count). The molecule has 1 saturated carbocycles. The fourth-order valence-electron chi connectivity index (χ4n) is 2.64. The fraction of sp³-hybridized carbons (Fsp3) is 0.571. The minimum atomic E-state index is -4.36. The Morgan fingerprint density at radius 3 is 2.67 bits per heavy atom. The van der Waals surface area contributed by atoms with Crippen molar-refractivity contribution in [2.24, 2.45) is 13.0 Å². The topological polar surface area (TPSA) is 55.0 Å². The monoisotopic (exact) mass is 300 g/mol. The summed E-state index contributed by atoms with van der Waals surface area (Å²) < 4.78 is 45.3. The third-order valence-corrected chi connectivity index (χ3v) is 3.72. The zero-order valence-electron chi connectivity index (χ0n) is 11.5. The third kappa shape index (κ3) is 3.38. The van der Waals surface area contributed by atoms with E-state index in [4.69, 9.17) is 10.00 Å². The number of rotatable bonds is 2. The number of hydrogen-bond acceptors (Lipinski definition) is 3. The molecule has 1 aliphatic rings. The second-order valence-corrected chi connectivity index (χ2v) is 5.21. The fourth-order valence-corrected chi connectivity index (χ4v) is 2.64. The van der Waals surface area contributed by atoms with Gasteiger partial charge < -0.3 is 9.30 Å². The van der Waals surface area contributed by atoms with Gasteiger partial charge in [-0.05, 0) is 25.3 Å². The summed E-state index contributed by atoms with van der Waals surface area (Å²) in [4.78, 5) is 12.0. The normalized spacial score (nSPS) is 22.6. The average molecular weight is 300 g/mol. The van der Waals surface area contributed by atoms with Crippen LogP contribution in [0.4, 0.5) is 13.2 Å². The molecule has 7 heteroatoms. The van der Waals surface area contributed by atoms with Crippen molar-refractivity contribution >= 4 is 5.97 Å². The molecule has 2 atom stereocenters. The van der Waals surface area contributed by atoms with E-state index in [-0.39, 0.29) is 24.1 Å². The Bertz CT molecular complexity index is 572. The first kappa shape index (κ1) is 15.4. The van der Waals surface area contributed by atoms with Crippen LogP contribution >= 0.6 is 0 Å². The van der Waals surface area contributed by atoms with Gasteiger partial charge >= 0.3 is 12.1 Å². The van der Waals surface area contributed by atoms with Crippen LogP contribution in [0, 0.1) is 17.2 Å². The van der Waals surface area contributed by atoms with E-state index in [9.17, 15) is 18.0 Å². The maximum Gasteiger partial charge on any atom is 0.395 e. The number of carbonyl (C=O) groups excluding carboxylic acids is 1. The van der Waals surface area contributed by atoms with Gasteiger partial charge in [-0.25, -0.2) is 4.79 Å². The Morgan fingerprint density at radius 2 is 2.10 bits per heavy atom. The first-order valence-electron chi connectivity index (χ1n) is 6.67. The van der Waals surface area contributed by atoms with Crippen LogP contribution < -0.4 is 0 Å². The van der Waals surface area contributed by atoms with E-state index in [1.807, 2.05) is 6.07 Å². The van der Waals surface area contributed by atoms with Gasteiger partial charge in [0.2, 0.25) is 0 Å². The highest BCUT2D eigenvalue weighted by molar-refractivity contribution is 5.88. The van der Waals surface area contributed by atoms with Crippen molar-refractivity contribution < 1.29 is 22.7 Å². The zero-order valence-corrected chi connectivity index (χ0v) is 11.5. The molecule has 2 unspecified atom stereocenters. The molecule has 0 amide bonds. The lowest BCUT2D eigenvalue weighted by atomic mass is 9.86. The first-order chi connectivity index (χ1) is 9.82. The van der Waals surface area contributed by atoms with Crippen LogP contribution in [0.3, 0.4) is 0 Å². The van der Waals surface area contributed by atoms with Gasteiger partial charge in [0.05, 0.1) is 11.5 Å². The Kier molecular flexibility index (Phi) is 4.26. The van der Waals surface area contributed by atoms with Gasteiger partial charge in [-0.3, -0.25) is 0 Å². The lowest BCUT2D eigenvalue weighted by molar-refractivity contribution is -0.207. The quantitative estimate of drug-likeness (QED) is 0.788. The number of nitriles is 1. The molecule has 1 aromatic heterocycles. The highest BCUT2D eigenvalue weighted by Crippen LogP contribution is 2.39. The van der Waals surface area contributed by atoms with E-state index in [0.29, 0.717) is 12.8 Å². The largest absolute Gasteiger partial charge is 0.457 e. The summed E-state index contributed by atoms with van der Waals surface area (Å²) in [6, 6.07) is 3.18. The first-order valence-corrected chi connectivity index (χ1v) is 6.67. The van der Waals surface area contributed by atoms with Gasteiger partial charge in [0.1, 0.15) is 17.9 Å².